The number of anilines is 1. The number of halogens is 1. The molecule has 0 aliphatic rings. The van der Waals surface area contributed by atoms with Crippen molar-refractivity contribution < 1.29 is 4.79 Å². The molecule has 0 bridgehead atoms. The minimum atomic E-state index is -0.166. The van der Waals surface area contributed by atoms with Crippen molar-refractivity contribution in [2.24, 2.45) is 0 Å². The van der Waals surface area contributed by atoms with Gasteiger partial charge in [0.25, 0.3) is 5.91 Å². The Morgan fingerprint density at radius 3 is 2.90 bits per heavy atom. The zero-order valence-corrected chi connectivity index (χ0v) is 13.5. The van der Waals surface area contributed by atoms with Crippen molar-refractivity contribution in [2.75, 3.05) is 5.32 Å². The van der Waals surface area contributed by atoms with Gasteiger partial charge in [0.1, 0.15) is 9.88 Å². The lowest BCUT2D eigenvalue weighted by Gasteiger charge is -2.08. The van der Waals surface area contributed by atoms with Gasteiger partial charge in [-0.2, -0.15) is 0 Å². The maximum Gasteiger partial charge on any atom is 0.267 e. The Bertz CT molecular complexity index is 781. The summed E-state index contributed by atoms with van der Waals surface area (Å²) in [5.41, 5.74) is 1.58. The van der Waals surface area contributed by atoms with E-state index in [1.165, 1.54) is 11.3 Å². The van der Waals surface area contributed by atoms with Crippen molar-refractivity contribution >= 4 is 45.9 Å². The van der Waals surface area contributed by atoms with E-state index in [1.54, 1.807) is 23.6 Å². The average molecular weight is 335 g/mol. The van der Waals surface area contributed by atoms with Crippen LogP contribution in [0.3, 0.4) is 0 Å². The minimum absolute atomic E-state index is 0.166. The molecule has 1 N–H and O–H groups in total. The van der Waals surface area contributed by atoms with Gasteiger partial charge < -0.3 is 5.32 Å². The van der Waals surface area contributed by atoms with Crippen LogP contribution in [0.1, 0.15) is 15.2 Å². The molecule has 2 aromatic heterocycles. The number of amides is 1. The van der Waals surface area contributed by atoms with Gasteiger partial charge in [-0.3, -0.25) is 4.79 Å². The second-order valence-electron chi connectivity index (χ2n) is 4.37. The van der Waals surface area contributed by atoms with Gasteiger partial charge in [-0.1, -0.05) is 23.7 Å². The molecule has 0 aliphatic heterocycles. The third-order valence-corrected chi connectivity index (χ3v) is 5.42. The van der Waals surface area contributed by atoms with Crippen LogP contribution >= 0.6 is 34.3 Å². The zero-order chi connectivity index (χ0) is 14.8. The van der Waals surface area contributed by atoms with Gasteiger partial charge in [0, 0.05) is 10.7 Å². The lowest BCUT2D eigenvalue weighted by atomic mass is 10.2. The molecule has 0 unspecified atom stereocenters. The van der Waals surface area contributed by atoms with Crippen LogP contribution in [-0.4, -0.2) is 10.9 Å². The molecule has 0 atom stereocenters. The first-order valence-electron chi connectivity index (χ1n) is 6.21. The van der Waals surface area contributed by atoms with E-state index >= 15 is 0 Å². The number of nitrogens with zero attached hydrogens (tertiary/aromatic N) is 1. The molecule has 0 fully saturated rings. The third kappa shape index (κ3) is 3.00. The molecule has 0 saturated carbocycles. The molecule has 1 amide bonds. The van der Waals surface area contributed by atoms with E-state index in [0.29, 0.717) is 9.90 Å². The number of carbonyl (C=O) groups excluding carboxylic acids is 1. The molecule has 0 aliphatic carbocycles. The van der Waals surface area contributed by atoms with Crippen molar-refractivity contribution in [2.45, 2.75) is 6.92 Å². The molecule has 1 aromatic carbocycles. The van der Waals surface area contributed by atoms with Crippen molar-refractivity contribution in [3.05, 3.63) is 57.4 Å². The second kappa shape index (κ2) is 5.97. The van der Waals surface area contributed by atoms with Crippen LogP contribution in [0, 0.1) is 6.92 Å². The van der Waals surface area contributed by atoms with E-state index in [-0.39, 0.29) is 5.91 Å². The monoisotopic (exact) mass is 334 g/mol. The summed E-state index contributed by atoms with van der Waals surface area (Å²) in [6.45, 7) is 1.88. The molecule has 0 spiro atoms. The Labute approximate surface area is 135 Å². The summed E-state index contributed by atoms with van der Waals surface area (Å²) in [6, 6.07) is 9.41. The predicted octanol–water partition coefficient (Wildman–Crippen LogP) is 5.09. The van der Waals surface area contributed by atoms with Gasteiger partial charge in [-0.15, -0.1) is 22.7 Å². The van der Waals surface area contributed by atoms with E-state index in [0.717, 1.165) is 21.1 Å². The molecular formula is C15H11ClN2OS2. The van der Waals surface area contributed by atoms with Crippen LogP contribution < -0.4 is 5.32 Å². The quantitative estimate of drug-likeness (QED) is 0.725. The highest BCUT2D eigenvalue weighted by molar-refractivity contribution is 7.22. The van der Waals surface area contributed by atoms with Gasteiger partial charge in [0.2, 0.25) is 0 Å². The largest absolute Gasteiger partial charge is 0.321 e. The lowest BCUT2D eigenvalue weighted by Crippen LogP contribution is -2.11. The topological polar surface area (TPSA) is 42.0 Å². The number of thiazole rings is 1. The van der Waals surface area contributed by atoms with Gasteiger partial charge >= 0.3 is 0 Å². The molecule has 21 heavy (non-hydrogen) atoms. The van der Waals surface area contributed by atoms with Crippen molar-refractivity contribution in [1.29, 1.82) is 0 Å². The maximum absolute atomic E-state index is 12.3. The molecule has 106 valence electrons. The Hall–Kier alpha value is -1.69. The molecule has 3 aromatic rings. The molecule has 0 radical (unpaired) electrons. The Balaban J connectivity index is 1.81. The van der Waals surface area contributed by atoms with E-state index in [1.807, 2.05) is 36.6 Å². The predicted molar refractivity (Wildman–Crippen MR) is 89.6 cm³/mol. The smallest absolute Gasteiger partial charge is 0.267 e. The number of benzene rings is 1. The van der Waals surface area contributed by atoms with Crippen molar-refractivity contribution in [3.8, 4) is 9.88 Å². The first-order chi connectivity index (χ1) is 10.1. The van der Waals surface area contributed by atoms with Gasteiger partial charge in [-0.25, -0.2) is 4.98 Å². The van der Waals surface area contributed by atoms with Gasteiger partial charge in [-0.05, 0) is 36.1 Å². The van der Waals surface area contributed by atoms with Gasteiger partial charge in [0.05, 0.1) is 11.1 Å². The fourth-order valence-corrected chi connectivity index (χ4v) is 3.61. The number of aromatic nitrogens is 1. The molecule has 0 saturated heterocycles. The highest BCUT2D eigenvalue weighted by atomic mass is 35.5. The van der Waals surface area contributed by atoms with E-state index in [9.17, 15) is 4.79 Å². The highest BCUT2D eigenvalue weighted by Crippen LogP contribution is 2.30. The van der Waals surface area contributed by atoms with Crippen LogP contribution in [0.5, 0.6) is 0 Å². The highest BCUT2D eigenvalue weighted by Gasteiger charge is 2.13. The SMILES string of the molecule is Cc1c(Cl)cccc1NC(=O)c1cnc(-c2cccs2)s1. The number of rotatable bonds is 3. The molecule has 3 rings (SSSR count). The van der Waals surface area contributed by atoms with E-state index in [4.69, 9.17) is 11.6 Å². The van der Waals surface area contributed by atoms with Crippen LogP contribution in [-0.2, 0) is 0 Å². The van der Waals surface area contributed by atoms with Crippen LogP contribution in [0.25, 0.3) is 9.88 Å². The summed E-state index contributed by atoms with van der Waals surface area (Å²) >= 11 is 9.05. The second-order valence-corrected chi connectivity index (χ2v) is 6.76. The van der Waals surface area contributed by atoms with Gasteiger partial charge in [0.15, 0.2) is 0 Å². The first kappa shape index (κ1) is 14.3. The zero-order valence-electron chi connectivity index (χ0n) is 11.1. The van der Waals surface area contributed by atoms with E-state index < -0.39 is 0 Å². The molecule has 2 heterocycles. The van der Waals surface area contributed by atoms with Crippen molar-refractivity contribution in [1.82, 2.24) is 4.98 Å². The maximum atomic E-state index is 12.3. The lowest BCUT2D eigenvalue weighted by molar-refractivity contribution is 0.103. The number of hydrogen-bond acceptors (Lipinski definition) is 4. The summed E-state index contributed by atoms with van der Waals surface area (Å²) in [6.07, 6.45) is 1.61. The molecule has 3 nitrogen and oxygen atoms in total. The fourth-order valence-electron chi connectivity index (χ4n) is 1.82. The number of nitrogens with one attached hydrogen (secondary N) is 1. The fraction of sp³-hybridized carbons (Fsp3) is 0.0667. The van der Waals surface area contributed by atoms with Crippen LogP contribution in [0.15, 0.2) is 41.9 Å². The standard InChI is InChI=1S/C15H11ClN2OS2/c1-9-10(16)4-2-5-11(9)18-14(19)13-8-17-15(21-13)12-6-3-7-20-12/h2-8H,1H3,(H,18,19). The third-order valence-electron chi connectivity index (χ3n) is 2.98. The Kier molecular flexibility index (Phi) is 4.05. The number of carbonyl (C=O) groups is 1. The normalized spacial score (nSPS) is 10.6. The Morgan fingerprint density at radius 2 is 2.14 bits per heavy atom. The molecular weight excluding hydrogens is 324 g/mol. The summed E-state index contributed by atoms with van der Waals surface area (Å²) in [7, 11) is 0. The van der Waals surface area contributed by atoms with E-state index in [2.05, 4.69) is 10.3 Å². The number of thiophene rings is 1. The minimum Gasteiger partial charge on any atom is -0.321 e. The number of hydrogen-bond donors (Lipinski definition) is 1. The summed E-state index contributed by atoms with van der Waals surface area (Å²) in [5.74, 6) is -0.166. The Morgan fingerprint density at radius 1 is 1.29 bits per heavy atom. The van der Waals surface area contributed by atoms with Crippen LogP contribution in [0.2, 0.25) is 5.02 Å². The van der Waals surface area contributed by atoms with Crippen LogP contribution in [0.4, 0.5) is 5.69 Å². The summed E-state index contributed by atoms with van der Waals surface area (Å²) in [4.78, 5) is 18.2. The first-order valence-corrected chi connectivity index (χ1v) is 8.29. The summed E-state index contributed by atoms with van der Waals surface area (Å²) < 4.78 is 0. The molecule has 6 heteroatoms. The average Bonchev–Trinajstić information content (AvgIpc) is 3.13. The van der Waals surface area contributed by atoms with Crippen molar-refractivity contribution in [3.63, 3.8) is 0 Å². The summed E-state index contributed by atoms with van der Waals surface area (Å²) in [5, 5.41) is 6.36.